The molecule has 1 heterocycles. The number of hydrogen-bond donors (Lipinski definition) is 0. The van der Waals surface area contributed by atoms with Crippen LogP contribution in [0.2, 0.25) is 25.7 Å². The number of imidazole rings is 1. The zero-order valence-electron chi connectivity index (χ0n) is 10.0. The smallest absolute Gasteiger partial charge is 0.236 e. The van der Waals surface area contributed by atoms with Gasteiger partial charge in [-0.3, -0.25) is 0 Å². The first-order valence-electron chi connectivity index (χ1n) is 5.55. The lowest BCUT2D eigenvalue weighted by molar-refractivity contribution is -0.582. The predicted octanol–water partition coefficient (Wildman–Crippen LogP) is 2.33. The zero-order valence-corrected chi connectivity index (χ0v) is 11.0. The molecule has 0 saturated carbocycles. The van der Waals surface area contributed by atoms with Crippen molar-refractivity contribution in [1.29, 1.82) is 0 Å². The Bertz CT molecular complexity index is 341. The first-order valence-corrected chi connectivity index (χ1v) is 9.26. The van der Waals surface area contributed by atoms with E-state index in [4.69, 9.17) is 6.42 Å². The number of unbranched alkanes of at least 4 members (excludes halogenated alkanes) is 1. The molecule has 3 heteroatoms. The van der Waals surface area contributed by atoms with Gasteiger partial charge in [0.25, 0.3) is 6.33 Å². The maximum absolute atomic E-state index is 5.28. The first-order chi connectivity index (χ1) is 7.01. The van der Waals surface area contributed by atoms with Gasteiger partial charge in [-0.05, 0) is 6.42 Å². The molecule has 0 atom stereocenters. The molecule has 0 aliphatic rings. The SMILES string of the molecule is C#C[n+]1ccn(CCCC[Si](C)(C)C)c1. The van der Waals surface area contributed by atoms with Crippen LogP contribution in [0, 0.1) is 12.5 Å². The monoisotopic (exact) mass is 221 g/mol. The number of aromatic nitrogens is 2. The third kappa shape index (κ3) is 4.85. The van der Waals surface area contributed by atoms with Gasteiger partial charge in [-0.25, -0.2) is 4.57 Å². The molecule has 0 radical (unpaired) electrons. The van der Waals surface area contributed by atoms with Gasteiger partial charge < -0.3 is 0 Å². The van der Waals surface area contributed by atoms with E-state index in [1.54, 1.807) is 4.57 Å². The van der Waals surface area contributed by atoms with Crippen molar-refractivity contribution in [3.05, 3.63) is 18.7 Å². The molecule has 82 valence electrons. The summed E-state index contributed by atoms with van der Waals surface area (Å²) in [6, 6.07) is 3.98. The highest BCUT2D eigenvalue weighted by atomic mass is 28.3. The van der Waals surface area contributed by atoms with Crippen LogP contribution in [0.5, 0.6) is 0 Å². The Labute approximate surface area is 93.9 Å². The molecule has 0 aliphatic carbocycles. The first kappa shape index (κ1) is 12.1. The van der Waals surface area contributed by atoms with Crippen LogP contribution >= 0.6 is 0 Å². The van der Waals surface area contributed by atoms with E-state index < -0.39 is 8.07 Å². The Morgan fingerprint density at radius 3 is 2.60 bits per heavy atom. The molecule has 0 bridgehead atoms. The Morgan fingerprint density at radius 1 is 1.33 bits per heavy atom. The fourth-order valence-corrected chi connectivity index (χ4v) is 2.86. The van der Waals surface area contributed by atoms with Gasteiger partial charge in [0.2, 0.25) is 0 Å². The molecule has 0 saturated heterocycles. The van der Waals surface area contributed by atoms with Gasteiger partial charge >= 0.3 is 0 Å². The summed E-state index contributed by atoms with van der Waals surface area (Å²) in [6.45, 7) is 8.36. The van der Waals surface area contributed by atoms with Crippen LogP contribution in [-0.2, 0) is 6.54 Å². The average Bonchev–Trinajstić information content (AvgIpc) is 2.59. The topological polar surface area (TPSA) is 8.81 Å². The van der Waals surface area contributed by atoms with Crippen molar-refractivity contribution < 1.29 is 4.57 Å². The molecular formula is C12H21N2Si+. The van der Waals surface area contributed by atoms with Crippen molar-refractivity contribution in [2.75, 3.05) is 0 Å². The summed E-state index contributed by atoms with van der Waals surface area (Å²) in [4.78, 5) is 0. The van der Waals surface area contributed by atoms with Crippen LogP contribution in [0.15, 0.2) is 18.7 Å². The van der Waals surface area contributed by atoms with E-state index in [1.807, 2.05) is 18.7 Å². The lowest BCUT2D eigenvalue weighted by Crippen LogP contribution is -2.23. The molecule has 0 N–H and O–H groups in total. The van der Waals surface area contributed by atoms with Crippen molar-refractivity contribution in [2.45, 2.75) is 45.1 Å². The molecule has 0 aromatic carbocycles. The lowest BCUT2D eigenvalue weighted by atomic mass is 10.3. The summed E-state index contributed by atoms with van der Waals surface area (Å²) in [7, 11) is -0.844. The Hall–Kier alpha value is -1.01. The molecule has 0 unspecified atom stereocenters. The number of terminal acetylenes is 1. The van der Waals surface area contributed by atoms with Crippen molar-refractivity contribution in [3.8, 4) is 12.5 Å². The number of aryl methyl sites for hydroxylation is 1. The third-order valence-electron chi connectivity index (χ3n) is 2.43. The minimum absolute atomic E-state index is 0.844. The van der Waals surface area contributed by atoms with Gasteiger partial charge in [-0.1, -0.05) is 38.5 Å². The van der Waals surface area contributed by atoms with Gasteiger partial charge in [-0.15, -0.1) is 0 Å². The Morgan fingerprint density at radius 2 is 2.07 bits per heavy atom. The maximum atomic E-state index is 5.28. The van der Waals surface area contributed by atoms with E-state index in [9.17, 15) is 0 Å². The number of hydrogen-bond acceptors (Lipinski definition) is 0. The van der Waals surface area contributed by atoms with E-state index in [0.29, 0.717) is 0 Å². The van der Waals surface area contributed by atoms with Crippen molar-refractivity contribution in [2.24, 2.45) is 0 Å². The highest BCUT2D eigenvalue weighted by Crippen LogP contribution is 2.12. The molecule has 15 heavy (non-hydrogen) atoms. The average molecular weight is 221 g/mol. The highest BCUT2D eigenvalue weighted by Gasteiger charge is 2.12. The Balaban J connectivity index is 2.24. The van der Waals surface area contributed by atoms with Gasteiger partial charge in [0.05, 0.1) is 6.54 Å². The molecule has 0 fully saturated rings. The fraction of sp³-hybridized carbons (Fsp3) is 0.583. The summed E-state index contributed by atoms with van der Waals surface area (Å²) >= 11 is 0. The highest BCUT2D eigenvalue weighted by molar-refractivity contribution is 6.76. The second-order valence-electron chi connectivity index (χ2n) is 5.21. The van der Waals surface area contributed by atoms with Gasteiger partial charge in [-0.2, -0.15) is 4.57 Å². The number of nitrogens with zero attached hydrogens (tertiary/aromatic N) is 2. The van der Waals surface area contributed by atoms with E-state index >= 15 is 0 Å². The zero-order chi connectivity index (χ0) is 11.3. The van der Waals surface area contributed by atoms with Crippen LogP contribution in [0.4, 0.5) is 0 Å². The Kier molecular flexibility index (Phi) is 4.16. The van der Waals surface area contributed by atoms with Crippen molar-refractivity contribution >= 4 is 8.07 Å². The molecule has 0 amide bonds. The van der Waals surface area contributed by atoms with E-state index in [0.717, 1.165) is 6.54 Å². The summed E-state index contributed by atoms with van der Waals surface area (Å²) in [5.74, 6) is 0. The van der Waals surface area contributed by atoms with E-state index in [2.05, 4.69) is 30.3 Å². The predicted molar refractivity (Wildman–Crippen MR) is 66.2 cm³/mol. The normalized spacial score (nSPS) is 11.3. The van der Waals surface area contributed by atoms with Crippen LogP contribution in [0.3, 0.4) is 0 Å². The molecule has 2 nitrogen and oxygen atoms in total. The molecule has 0 spiro atoms. The van der Waals surface area contributed by atoms with Crippen LogP contribution < -0.4 is 4.57 Å². The molecule has 1 aromatic heterocycles. The van der Waals surface area contributed by atoms with Crippen LogP contribution in [0.1, 0.15) is 12.8 Å². The second kappa shape index (κ2) is 5.18. The molecule has 1 aromatic rings. The van der Waals surface area contributed by atoms with Crippen molar-refractivity contribution in [1.82, 2.24) is 4.57 Å². The summed E-state index contributed by atoms with van der Waals surface area (Å²) in [5.41, 5.74) is 0. The van der Waals surface area contributed by atoms with Crippen molar-refractivity contribution in [3.63, 3.8) is 0 Å². The lowest BCUT2D eigenvalue weighted by Gasteiger charge is -2.14. The largest absolute Gasteiger partial charge is 0.257 e. The molecule has 0 aliphatic heterocycles. The van der Waals surface area contributed by atoms with Gasteiger partial charge in [0.1, 0.15) is 18.4 Å². The molecule has 1 rings (SSSR count). The minimum Gasteiger partial charge on any atom is -0.236 e. The standard InChI is InChI=1S/C12H21N2Si/c1-5-13-9-10-14(12-13)8-6-7-11-15(2,3)4/h1,9-10,12H,6-8,11H2,2-4H3/q+1. The second-order valence-corrected chi connectivity index (χ2v) is 10.8. The summed E-state index contributed by atoms with van der Waals surface area (Å²) in [5, 5.41) is 0. The van der Waals surface area contributed by atoms with Crippen LogP contribution in [0.25, 0.3) is 0 Å². The van der Waals surface area contributed by atoms with Crippen LogP contribution in [-0.4, -0.2) is 12.6 Å². The van der Waals surface area contributed by atoms with E-state index in [-0.39, 0.29) is 0 Å². The van der Waals surface area contributed by atoms with E-state index in [1.165, 1.54) is 18.9 Å². The summed E-state index contributed by atoms with van der Waals surface area (Å²) < 4.78 is 3.91. The molecular weight excluding hydrogens is 200 g/mol. The minimum atomic E-state index is -0.844. The third-order valence-corrected chi connectivity index (χ3v) is 4.29. The maximum Gasteiger partial charge on any atom is 0.257 e. The van der Waals surface area contributed by atoms with Gasteiger partial charge in [0, 0.05) is 8.07 Å². The fourth-order valence-electron chi connectivity index (χ4n) is 1.55. The van der Waals surface area contributed by atoms with Gasteiger partial charge in [0.15, 0.2) is 0 Å². The summed E-state index contributed by atoms with van der Waals surface area (Å²) in [6.07, 6.45) is 13.8. The quantitative estimate of drug-likeness (QED) is 0.312. The number of rotatable bonds is 5.